The van der Waals surface area contributed by atoms with Crippen LogP contribution in [0.2, 0.25) is 0 Å². The van der Waals surface area contributed by atoms with Crippen molar-refractivity contribution >= 4 is 12.0 Å². The Kier molecular flexibility index (Phi) is 8.53. The molecule has 0 aromatic heterocycles. The Morgan fingerprint density at radius 1 is 1.21 bits per heavy atom. The van der Waals surface area contributed by atoms with Crippen molar-refractivity contribution in [2.45, 2.75) is 32.4 Å². The third-order valence-corrected chi connectivity index (χ3v) is 3.23. The van der Waals surface area contributed by atoms with Crippen LogP contribution in [-0.4, -0.2) is 44.2 Å². The summed E-state index contributed by atoms with van der Waals surface area (Å²) in [7, 11) is 2.97. The third kappa shape index (κ3) is 7.75. The van der Waals surface area contributed by atoms with Gasteiger partial charge >= 0.3 is 18.6 Å². The maximum absolute atomic E-state index is 12.1. The largest absolute Gasteiger partial charge is 0.469 e. The van der Waals surface area contributed by atoms with Gasteiger partial charge in [-0.3, -0.25) is 4.79 Å². The van der Waals surface area contributed by atoms with Gasteiger partial charge in [-0.2, -0.15) is 8.78 Å². The summed E-state index contributed by atoms with van der Waals surface area (Å²) in [6.07, 6.45) is 1.64. The Hall–Kier alpha value is -2.38. The molecule has 0 saturated heterocycles. The van der Waals surface area contributed by atoms with E-state index in [-0.39, 0.29) is 17.7 Å². The summed E-state index contributed by atoms with van der Waals surface area (Å²) in [6.45, 7) is -2.06. The lowest BCUT2D eigenvalue weighted by Gasteiger charge is -2.18. The van der Waals surface area contributed by atoms with Crippen molar-refractivity contribution in [1.29, 1.82) is 0 Å². The zero-order valence-corrected chi connectivity index (χ0v) is 13.8. The number of benzene rings is 1. The fourth-order valence-electron chi connectivity index (χ4n) is 1.95. The van der Waals surface area contributed by atoms with Gasteiger partial charge in [0.2, 0.25) is 0 Å². The van der Waals surface area contributed by atoms with E-state index < -0.39 is 6.61 Å². The molecule has 0 aliphatic heterocycles. The smallest absolute Gasteiger partial charge is 0.387 e. The van der Waals surface area contributed by atoms with E-state index >= 15 is 0 Å². The number of hydrogen-bond donors (Lipinski definition) is 1. The number of carbonyl (C=O) groups excluding carboxylic acids is 2. The van der Waals surface area contributed by atoms with Crippen molar-refractivity contribution in [1.82, 2.24) is 10.2 Å². The van der Waals surface area contributed by atoms with Crippen molar-refractivity contribution < 1.29 is 27.8 Å². The summed E-state index contributed by atoms with van der Waals surface area (Å²) >= 11 is 0. The van der Waals surface area contributed by atoms with E-state index in [9.17, 15) is 18.4 Å². The molecule has 8 heteroatoms. The number of ether oxygens (including phenoxy) is 2. The normalized spacial score (nSPS) is 10.4. The number of carbonyl (C=O) groups is 2. The van der Waals surface area contributed by atoms with E-state index in [1.54, 1.807) is 19.2 Å². The molecular weight excluding hydrogens is 322 g/mol. The fraction of sp³-hybridized carbons (Fsp3) is 0.500. The minimum atomic E-state index is -2.86. The Morgan fingerprint density at radius 3 is 2.46 bits per heavy atom. The van der Waals surface area contributed by atoms with Gasteiger partial charge in [-0.25, -0.2) is 4.79 Å². The number of urea groups is 1. The second kappa shape index (κ2) is 10.4. The predicted molar refractivity (Wildman–Crippen MR) is 83.8 cm³/mol. The first kappa shape index (κ1) is 19.7. The fourth-order valence-corrected chi connectivity index (χ4v) is 1.95. The molecule has 24 heavy (non-hydrogen) atoms. The third-order valence-electron chi connectivity index (χ3n) is 3.23. The summed E-state index contributed by atoms with van der Waals surface area (Å²) in [5, 5.41) is 2.74. The molecule has 0 aliphatic rings. The number of rotatable bonds is 9. The molecule has 1 N–H and O–H groups in total. The highest BCUT2D eigenvalue weighted by molar-refractivity contribution is 5.73. The maximum Gasteiger partial charge on any atom is 0.387 e. The first-order valence-corrected chi connectivity index (χ1v) is 7.52. The molecule has 0 saturated carbocycles. The van der Waals surface area contributed by atoms with E-state index in [4.69, 9.17) is 0 Å². The number of unbranched alkanes of at least 4 members (excludes halogenated alkanes) is 1. The van der Waals surface area contributed by atoms with Gasteiger partial charge < -0.3 is 19.7 Å². The Bertz CT molecular complexity index is 523. The highest BCUT2D eigenvalue weighted by atomic mass is 19.3. The SMILES string of the molecule is COC(=O)CCCCNC(=O)N(C)Cc1ccc(OC(F)F)cc1. The van der Waals surface area contributed by atoms with Gasteiger partial charge in [0.25, 0.3) is 0 Å². The van der Waals surface area contributed by atoms with Crippen LogP contribution >= 0.6 is 0 Å². The van der Waals surface area contributed by atoms with Crippen LogP contribution in [0.1, 0.15) is 24.8 Å². The molecule has 0 fully saturated rings. The van der Waals surface area contributed by atoms with Crippen molar-refractivity contribution in [2.75, 3.05) is 20.7 Å². The molecule has 1 rings (SSSR count). The maximum atomic E-state index is 12.1. The standard InChI is InChI=1S/C16H22F2N2O4/c1-20(16(22)19-10-4-3-5-14(21)23-2)11-12-6-8-13(9-7-12)24-15(17)18/h6-9,15H,3-5,10-11H2,1-2H3,(H,19,22). The van der Waals surface area contributed by atoms with Crippen molar-refractivity contribution in [3.05, 3.63) is 29.8 Å². The van der Waals surface area contributed by atoms with Gasteiger partial charge in [0.1, 0.15) is 5.75 Å². The van der Waals surface area contributed by atoms with Gasteiger partial charge in [0, 0.05) is 26.6 Å². The number of nitrogens with zero attached hydrogens (tertiary/aromatic N) is 1. The van der Waals surface area contributed by atoms with E-state index in [1.807, 2.05) is 0 Å². The van der Waals surface area contributed by atoms with Crippen molar-refractivity contribution in [3.63, 3.8) is 0 Å². The van der Waals surface area contributed by atoms with Crippen LogP contribution < -0.4 is 10.1 Å². The van der Waals surface area contributed by atoms with Crippen LogP contribution in [0.25, 0.3) is 0 Å². The van der Waals surface area contributed by atoms with Crippen LogP contribution in [0.5, 0.6) is 5.75 Å². The summed E-state index contributed by atoms with van der Waals surface area (Å²) in [5.41, 5.74) is 0.792. The van der Waals surface area contributed by atoms with Crippen LogP contribution in [0.3, 0.4) is 0 Å². The van der Waals surface area contributed by atoms with Crippen molar-refractivity contribution in [2.24, 2.45) is 0 Å². The Balaban J connectivity index is 2.29. The molecule has 0 spiro atoms. The van der Waals surface area contributed by atoms with Crippen LogP contribution in [0, 0.1) is 0 Å². The van der Waals surface area contributed by atoms with E-state index in [2.05, 4.69) is 14.8 Å². The second-order valence-electron chi connectivity index (χ2n) is 5.14. The van der Waals surface area contributed by atoms with Gasteiger partial charge in [0.15, 0.2) is 0 Å². The Morgan fingerprint density at radius 2 is 1.88 bits per heavy atom. The molecule has 6 nitrogen and oxygen atoms in total. The zero-order valence-electron chi connectivity index (χ0n) is 13.8. The van der Waals surface area contributed by atoms with E-state index in [0.717, 1.165) is 5.56 Å². The Labute approximate surface area is 139 Å². The summed E-state index contributed by atoms with van der Waals surface area (Å²) in [6, 6.07) is 5.86. The molecule has 0 radical (unpaired) electrons. The number of nitrogens with one attached hydrogen (secondary N) is 1. The summed E-state index contributed by atoms with van der Waals surface area (Å²) in [5.74, 6) is -0.191. The molecule has 0 heterocycles. The second-order valence-corrected chi connectivity index (χ2v) is 5.14. The number of amides is 2. The zero-order chi connectivity index (χ0) is 17.9. The van der Waals surface area contributed by atoms with E-state index in [0.29, 0.717) is 32.4 Å². The van der Waals surface area contributed by atoms with E-state index in [1.165, 1.54) is 24.1 Å². The topological polar surface area (TPSA) is 67.9 Å². The number of esters is 1. The number of halogens is 2. The monoisotopic (exact) mass is 344 g/mol. The lowest BCUT2D eigenvalue weighted by atomic mass is 10.2. The lowest BCUT2D eigenvalue weighted by molar-refractivity contribution is -0.140. The van der Waals surface area contributed by atoms with Crippen LogP contribution in [0.4, 0.5) is 13.6 Å². The average molecular weight is 344 g/mol. The lowest BCUT2D eigenvalue weighted by Crippen LogP contribution is -2.37. The molecule has 0 atom stereocenters. The number of alkyl halides is 2. The molecule has 1 aromatic carbocycles. The molecular formula is C16H22F2N2O4. The van der Waals surface area contributed by atoms with Gasteiger partial charge in [0.05, 0.1) is 7.11 Å². The quantitative estimate of drug-likeness (QED) is 0.552. The molecule has 2 amide bonds. The number of hydrogen-bond acceptors (Lipinski definition) is 4. The first-order valence-electron chi connectivity index (χ1n) is 7.52. The van der Waals surface area contributed by atoms with Crippen molar-refractivity contribution in [3.8, 4) is 5.75 Å². The summed E-state index contributed by atoms with van der Waals surface area (Å²) in [4.78, 5) is 24.3. The van der Waals surface area contributed by atoms with Gasteiger partial charge in [-0.15, -0.1) is 0 Å². The van der Waals surface area contributed by atoms with Gasteiger partial charge in [-0.1, -0.05) is 12.1 Å². The highest BCUT2D eigenvalue weighted by Gasteiger charge is 2.09. The van der Waals surface area contributed by atoms with Crippen LogP contribution in [0.15, 0.2) is 24.3 Å². The minimum Gasteiger partial charge on any atom is -0.469 e. The predicted octanol–water partition coefficient (Wildman–Crippen LogP) is 2.77. The number of methoxy groups -OCH3 is 1. The molecule has 0 bridgehead atoms. The summed E-state index contributed by atoms with van der Waals surface area (Å²) < 4.78 is 32.9. The van der Waals surface area contributed by atoms with Gasteiger partial charge in [-0.05, 0) is 30.5 Å². The average Bonchev–Trinajstić information content (AvgIpc) is 2.55. The molecule has 1 aromatic rings. The molecule has 0 unspecified atom stereocenters. The van der Waals surface area contributed by atoms with Crippen LogP contribution in [-0.2, 0) is 16.1 Å². The molecule has 0 aliphatic carbocycles. The first-order chi connectivity index (χ1) is 11.4. The highest BCUT2D eigenvalue weighted by Crippen LogP contribution is 2.15. The molecule has 134 valence electrons. The minimum absolute atomic E-state index is 0.0754.